The second-order valence-corrected chi connectivity index (χ2v) is 5.12. The molecule has 2 N–H and O–H groups in total. The Morgan fingerprint density at radius 3 is 2.52 bits per heavy atom. The molecule has 25 heavy (non-hydrogen) atoms. The summed E-state index contributed by atoms with van der Waals surface area (Å²) in [5.41, 5.74) is 1.56. The Hall–Kier alpha value is -2.67. The van der Waals surface area contributed by atoms with E-state index >= 15 is 0 Å². The number of hydrogen-bond donors (Lipinski definition) is 2. The lowest BCUT2D eigenvalue weighted by Gasteiger charge is -2.06. The topological polar surface area (TPSA) is 101 Å². The van der Waals surface area contributed by atoms with Crippen molar-refractivity contribution >= 4 is 24.3 Å². The minimum Gasteiger partial charge on any atom is -0.466 e. The van der Waals surface area contributed by atoms with Crippen LogP contribution in [0.3, 0.4) is 0 Å². The summed E-state index contributed by atoms with van der Waals surface area (Å²) in [5.74, 6) is -0.173. The Bertz CT molecular complexity index is 787. The fraction of sp³-hybridized carbons (Fsp3) is 0.294. The zero-order valence-corrected chi connectivity index (χ0v) is 14.8. The number of aromatic amines is 1. The average Bonchev–Trinajstić information content (AvgIpc) is 2.54. The van der Waals surface area contributed by atoms with Gasteiger partial charge in [0.1, 0.15) is 5.82 Å². The highest BCUT2D eigenvalue weighted by Gasteiger charge is 2.08. The fourth-order valence-electron chi connectivity index (χ4n) is 2.11. The van der Waals surface area contributed by atoms with Crippen LogP contribution in [-0.2, 0) is 9.53 Å². The van der Waals surface area contributed by atoms with Gasteiger partial charge in [0.05, 0.1) is 13.0 Å². The maximum Gasteiger partial charge on any atom is 0.307 e. The molecule has 2 rings (SSSR count). The molecule has 7 nitrogen and oxygen atoms in total. The maximum absolute atomic E-state index is 12.0. The van der Waals surface area contributed by atoms with Crippen LogP contribution in [-0.4, -0.2) is 35.0 Å². The molecular formula is C17H20ClN3O4. The van der Waals surface area contributed by atoms with Gasteiger partial charge in [-0.2, -0.15) is 0 Å². The van der Waals surface area contributed by atoms with E-state index < -0.39 is 0 Å². The van der Waals surface area contributed by atoms with Crippen LogP contribution in [0.1, 0.15) is 29.4 Å². The number of amides is 1. The summed E-state index contributed by atoms with van der Waals surface area (Å²) < 4.78 is 4.79. The van der Waals surface area contributed by atoms with E-state index in [9.17, 15) is 14.4 Å². The molecule has 1 aromatic heterocycles. The highest BCUT2D eigenvalue weighted by Crippen LogP contribution is 2.14. The van der Waals surface area contributed by atoms with Crippen molar-refractivity contribution in [2.75, 3.05) is 13.2 Å². The normalized spacial score (nSPS) is 9.84. The van der Waals surface area contributed by atoms with Gasteiger partial charge < -0.3 is 15.0 Å². The first kappa shape index (κ1) is 20.4. The van der Waals surface area contributed by atoms with Gasteiger partial charge in [0, 0.05) is 29.4 Å². The zero-order valence-electron chi connectivity index (χ0n) is 14.0. The first-order valence-corrected chi connectivity index (χ1v) is 7.62. The van der Waals surface area contributed by atoms with Gasteiger partial charge in [-0.25, -0.2) is 4.98 Å². The van der Waals surface area contributed by atoms with Crippen LogP contribution < -0.4 is 10.9 Å². The number of hydrogen-bond acceptors (Lipinski definition) is 5. The molecule has 0 aliphatic heterocycles. The van der Waals surface area contributed by atoms with E-state index in [1.165, 1.54) is 6.07 Å². The Balaban J connectivity index is 0.00000312. The van der Waals surface area contributed by atoms with Crippen LogP contribution in [0.25, 0.3) is 11.4 Å². The molecular weight excluding hydrogens is 346 g/mol. The molecule has 0 saturated carbocycles. The molecule has 0 unspecified atom stereocenters. The van der Waals surface area contributed by atoms with Crippen LogP contribution in [0.15, 0.2) is 35.1 Å². The molecule has 0 saturated heterocycles. The molecule has 0 bridgehead atoms. The number of carbonyl (C=O) groups is 2. The third-order valence-electron chi connectivity index (χ3n) is 3.21. The number of rotatable bonds is 6. The number of aromatic nitrogens is 2. The van der Waals surface area contributed by atoms with Crippen LogP contribution in [0, 0.1) is 6.92 Å². The quantitative estimate of drug-likeness (QED) is 0.761. The van der Waals surface area contributed by atoms with E-state index in [0.717, 1.165) is 0 Å². The predicted octanol–water partition coefficient (Wildman–Crippen LogP) is 1.85. The number of H-pyrrole nitrogens is 1. The summed E-state index contributed by atoms with van der Waals surface area (Å²) in [6.07, 6.45) is 0.131. The summed E-state index contributed by atoms with van der Waals surface area (Å²) in [5, 5.41) is 2.65. The van der Waals surface area contributed by atoms with E-state index in [2.05, 4.69) is 15.3 Å². The molecule has 0 aliphatic rings. The third-order valence-corrected chi connectivity index (χ3v) is 3.21. The molecule has 134 valence electrons. The summed E-state index contributed by atoms with van der Waals surface area (Å²) in [6, 6.07) is 8.10. The largest absolute Gasteiger partial charge is 0.466 e. The smallest absolute Gasteiger partial charge is 0.307 e. The lowest BCUT2D eigenvalue weighted by molar-refractivity contribution is -0.142. The second-order valence-electron chi connectivity index (χ2n) is 5.12. The highest BCUT2D eigenvalue weighted by atomic mass is 35.5. The van der Waals surface area contributed by atoms with Crippen LogP contribution in [0.2, 0.25) is 0 Å². The lowest BCUT2D eigenvalue weighted by atomic mass is 10.1. The number of ether oxygens (including phenoxy) is 1. The van der Waals surface area contributed by atoms with Crippen LogP contribution in [0.4, 0.5) is 0 Å². The van der Waals surface area contributed by atoms with Gasteiger partial charge in [-0.15, -0.1) is 12.4 Å². The summed E-state index contributed by atoms with van der Waals surface area (Å²) in [6.45, 7) is 4.01. The molecule has 1 aromatic carbocycles. The molecule has 0 spiro atoms. The SMILES string of the molecule is CCOC(=O)CCNC(=O)c1ccc(-c2nc(C)cc(=O)[nH]2)cc1.Cl. The van der Waals surface area contributed by atoms with E-state index in [1.54, 1.807) is 38.1 Å². The predicted molar refractivity (Wildman–Crippen MR) is 95.9 cm³/mol. The zero-order chi connectivity index (χ0) is 17.5. The monoisotopic (exact) mass is 365 g/mol. The van der Waals surface area contributed by atoms with Gasteiger partial charge in [0.25, 0.3) is 11.5 Å². The van der Waals surface area contributed by atoms with Gasteiger partial charge >= 0.3 is 5.97 Å². The van der Waals surface area contributed by atoms with Gasteiger partial charge in [0.2, 0.25) is 0 Å². The van der Waals surface area contributed by atoms with Crippen molar-refractivity contribution < 1.29 is 14.3 Å². The van der Waals surface area contributed by atoms with E-state index in [-0.39, 0.29) is 42.8 Å². The number of nitrogens with one attached hydrogen (secondary N) is 2. The Morgan fingerprint density at radius 1 is 1.24 bits per heavy atom. The first-order valence-electron chi connectivity index (χ1n) is 7.62. The minimum absolute atomic E-state index is 0. The van der Waals surface area contributed by atoms with Gasteiger partial charge in [-0.3, -0.25) is 14.4 Å². The fourth-order valence-corrected chi connectivity index (χ4v) is 2.11. The van der Waals surface area contributed by atoms with Crippen LogP contribution >= 0.6 is 12.4 Å². The number of halogens is 1. The number of aryl methyl sites for hydroxylation is 1. The van der Waals surface area contributed by atoms with Crippen molar-refractivity contribution in [1.29, 1.82) is 0 Å². The van der Waals surface area contributed by atoms with Gasteiger partial charge in [-0.1, -0.05) is 12.1 Å². The molecule has 0 fully saturated rings. The van der Waals surface area contributed by atoms with Crippen molar-refractivity contribution in [3.05, 3.63) is 51.9 Å². The summed E-state index contributed by atoms with van der Waals surface area (Å²) in [7, 11) is 0. The number of carbonyl (C=O) groups excluding carboxylic acids is 2. The van der Waals surface area contributed by atoms with Crippen molar-refractivity contribution in [3.8, 4) is 11.4 Å². The van der Waals surface area contributed by atoms with Crippen molar-refractivity contribution in [3.63, 3.8) is 0 Å². The van der Waals surface area contributed by atoms with Crippen LogP contribution in [0.5, 0.6) is 0 Å². The molecule has 0 aliphatic carbocycles. The Labute approximate surface area is 151 Å². The van der Waals surface area contributed by atoms with Crippen molar-refractivity contribution in [2.24, 2.45) is 0 Å². The van der Waals surface area contributed by atoms with Crippen molar-refractivity contribution in [1.82, 2.24) is 15.3 Å². The second kappa shape index (κ2) is 9.58. The first-order chi connectivity index (χ1) is 11.5. The van der Waals surface area contributed by atoms with Crippen molar-refractivity contribution in [2.45, 2.75) is 20.3 Å². The molecule has 0 atom stereocenters. The Kier molecular flexibility index (Phi) is 7.81. The molecule has 1 heterocycles. The highest BCUT2D eigenvalue weighted by molar-refractivity contribution is 5.94. The standard InChI is InChI=1S/C17H19N3O4.ClH/c1-3-24-15(22)8-9-18-17(23)13-6-4-12(5-7-13)16-19-11(2)10-14(21)20-16;/h4-7,10H,3,8-9H2,1-2H3,(H,18,23)(H,19,20,21);1H. The Morgan fingerprint density at radius 2 is 1.92 bits per heavy atom. The third kappa shape index (κ3) is 6.04. The number of esters is 1. The number of benzene rings is 1. The van der Waals surface area contributed by atoms with Gasteiger partial charge in [0.15, 0.2) is 0 Å². The lowest BCUT2D eigenvalue weighted by Crippen LogP contribution is -2.26. The van der Waals surface area contributed by atoms with E-state index in [0.29, 0.717) is 29.3 Å². The molecule has 0 radical (unpaired) electrons. The minimum atomic E-state index is -0.345. The number of nitrogens with zero attached hydrogens (tertiary/aromatic N) is 1. The van der Waals surface area contributed by atoms with E-state index in [1.807, 2.05) is 0 Å². The molecule has 1 amide bonds. The average molecular weight is 366 g/mol. The summed E-state index contributed by atoms with van der Waals surface area (Å²) in [4.78, 5) is 41.6. The maximum atomic E-state index is 12.0. The van der Waals surface area contributed by atoms with E-state index in [4.69, 9.17) is 4.74 Å². The van der Waals surface area contributed by atoms with Gasteiger partial charge in [-0.05, 0) is 26.0 Å². The molecule has 8 heteroatoms. The summed E-state index contributed by atoms with van der Waals surface area (Å²) >= 11 is 0. The molecule has 2 aromatic rings.